The van der Waals surface area contributed by atoms with Crippen molar-refractivity contribution in [3.8, 4) is 11.5 Å². The fourth-order valence-corrected chi connectivity index (χ4v) is 2.39. The van der Waals surface area contributed by atoms with Crippen LogP contribution in [0.2, 0.25) is 0 Å². The van der Waals surface area contributed by atoms with Gasteiger partial charge in [-0.05, 0) is 24.1 Å². The Morgan fingerprint density at radius 2 is 1.96 bits per heavy atom. The zero-order valence-corrected chi connectivity index (χ0v) is 14.3. The van der Waals surface area contributed by atoms with E-state index in [1.165, 1.54) is 24.0 Å². The van der Waals surface area contributed by atoms with E-state index < -0.39 is 0 Å². The van der Waals surface area contributed by atoms with E-state index in [1.54, 1.807) is 7.11 Å². The number of aromatic nitrogens is 2. The molecule has 23 heavy (non-hydrogen) atoms. The van der Waals surface area contributed by atoms with Crippen LogP contribution in [0.3, 0.4) is 0 Å². The Labute approximate surface area is 138 Å². The SMILES string of the molecule is CCCCCOc1cc(CNCc2cnn(C)c2)ccc1OC. The minimum Gasteiger partial charge on any atom is -0.493 e. The van der Waals surface area contributed by atoms with Gasteiger partial charge in [-0.1, -0.05) is 25.8 Å². The lowest BCUT2D eigenvalue weighted by atomic mass is 10.2. The first-order valence-corrected chi connectivity index (χ1v) is 8.21. The van der Waals surface area contributed by atoms with Gasteiger partial charge in [-0.3, -0.25) is 4.68 Å². The average Bonchev–Trinajstić information content (AvgIpc) is 2.97. The van der Waals surface area contributed by atoms with Gasteiger partial charge < -0.3 is 14.8 Å². The highest BCUT2D eigenvalue weighted by molar-refractivity contribution is 5.42. The van der Waals surface area contributed by atoms with Gasteiger partial charge in [0, 0.05) is 31.9 Å². The van der Waals surface area contributed by atoms with Crippen LogP contribution in [0.5, 0.6) is 11.5 Å². The van der Waals surface area contributed by atoms with Crippen molar-refractivity contribution in [2.75, 3.05) is 13.7 Å². The van der Waals surface area contributed by atoms with Gasteiger partial charge in [0.05, 0.1) is 19.9 Å². The van der Waals surface area contributed by atoms with E-state index in [4.69, 9.17) is 9.47 Å². The van der Waals surface area contributed by atoms with Crippen molar-refractivity contribution in [2.45, 2.75) is 39.3 Å². The first-order valence-electron chi connectivity index (χ1n) is 8.21. The molecular formula is C18H27N3O2. The quantitative estimate of drug-likeness (QED) is 0.683. The highest BCUT2D eigenvalue weighted by Crippen LogP contribution is 2.28. The minimum atomic E-state index is 0.733. The number of unbranched alkanes of at least 4 members (excludes halogenated alkanes) is 2. The molecule has 0 saturated carbocycles. The maximum atomic E-state index is 5.87. The molecule has 0 aliphatic rings. The highest BCUT2D eigenvalue weighted by Gasteiger charge is 2.06. The van der Waals surface area contributed by atoms with Crippen LogP contribution >= 0.6 is 0 Å². The molecule has 0 aliphatic heterocycles. The van der Waals surface area contributed by atoms with Gasteiger partial charge in [0.25, 0.3) is 0 Å². The lowest BCUT2D eigenvalue weighted by molar-refractivity contribution is 0.285. The Bertz CT molecular complexity index is 596. The van der Waals surface area contributed by atoms with Gasteiger partial charge in [0.1, 0.15) is 0 Å². The third-order valence-corrected chi connectivity index (χ3v) is 3.65. The molecule has 126 valence electrons. The molecular weight excluding hydrogens is 290 g/mol. The molecule has 0 unspecified atom stereocenters. The maximum Gasteiger partial charge on any atom is 0.161 e. The van der Waals surface area contributed by atoms with E-state index in [-0.39, 0.29) is 0 Å². The van der Waals surface area contributed by atoms with Crippen LogP contribution in [0.15, 0.2) is 30.6 Å². The number of hydrogen-bond acceptors (Lipinski definition) is 4. The van der Waals surface area contributed by atoms with Crippen LogP contribution in [-0.2, 0) is 20.1 Å². The second-order valence-corrected chi connectivity index (χ2v) is 5.67. The standard InChI is InChI=1S/C18H27N3O2/c1-4-5-6-9-23-18-10-15(7-8-17(18)22-3)11-19-12-16-13-20-21(2)14-16/h7-8,10,13-14,19H,4-6,9,11-12H2,1-3H3. The summed E-state index contributed by atoms with van der Waals surface area (Å²) >= 11 is 0. The Morgan fingerprint density at radius 3 is 2.65 bits per heavy atom. The number of benzene rings is 1. The van der Waals surface area contributed by atoms with Crippen molar-refractivity contribution in [3.05, 3.63) is 41.7 Å². The summed E-state index contributed by atoms with van der Waals surface area (Å²) in [5.74, 6) is 1.61. The second-order valence-electron chi connectivity index (χ2n) is 5.67. The van der Waals surface area contributed by atoms with E-state index in [0.717, 1.165) is 37.6 Å². The Balaban J connectivity index is 1.88. The van der Waals surface area contributed by atoms with Crippen LogP contribution in [0.25, 0.3) is 0 Å². The lowest BCUT2D eigenvalue weighted by Gasteiger charge is -2.12. The van der Waals surface area contributed by atoms with Gasteiger partial charge in [-0.25, -0.2) is 0 Å². The van der Waals surface area contributed by atoms with Crippen LogP contribution in [0.4, 0.5) is 0 Å². The van der Waals surface area contributed by atoms with E-state index in [9.17, 15) is 0 Å². The summed E-state index contributed by atoms with van der Waals surface area (Å²) in [5, 5.41) is 7.59. The predicted molar refractivity (Wildman–Crippen MR) is 91.8 cm³/mol. The van der Waals surface area contributed by atoms with E-state index in [1.807, 2.05) is 30.2 Å². The zero-order valence-electron chi connectivity index (χ0n) is 14.3. The van der Waals surface area contributed by atoms with Crippen LogP contribution < -0.4 is 14.8 Å². The summed E-state index contributed by atoms with van der Waals surface area (Å²) < 4.78 is 13.1. The molecule has 1 heterocycles. The molecule has 0 fully saturated rings. The topological polar surface area (TPSA) is 48.3 Å². The molecule has 1 N–H and O–H groups in total. The number of hydrogen-bond donors (Lipinski definition) is 1. The summed E-state index contributed by atoms with van der Waals surface area (Å²) in [7, 11) is 3.60. The first kappa shape index (κ1) is 17.3. The summed E-state index contributed by atoms with van der Waals surface area (Å²) in [6.07, 6.45) is 7.35. The molecule has 2 rings (SSSR count). The summed E-state index contributed by atoms with van der Waals surface area (Å²) in [6.45, 7) is 4.50. The Kier molecular flexibility index (Phi) is 6.94. The molecule has 0 saturated heterocycles. The molecule has 5 nitrogen and oxygen atoms in total. The number of rotatable bonds is 10. The van der Waals surface area contributed by atoms with Crippen molar-refractivity contribution in [1.29, 1.82) is 0 Å². The monoisotopic (exact) mass is 317 g/mol. The van der Waals surface area contributed by atoms with Crippen LogP contribution in [0, 0.1) is 0 Å². The molecule has 0 bridgehead atoms. The molecule has 5 heteroatoms. The summed E-state index contributed by atoms with van der Waals surface area (Å²) in [4.78, 5) is 0. The molecule has 0 radical (unpaired) electrons. The second kappa shape index (κ2) is 9.20. The summed E-state index contributed by atoms with van der Waals surface area (Å²) in [6, 6.07) is 6.09. The van der Waals surface area contributed by atoms with Crippen molar-refractivity contribution >= 4 is 0 Å². The fraction of sp³-hybridized carbons (Fsp3) is 0.500. The highest BCUT2D eigenvalue weighted by atomic mass is 16.5. The van der Waals surface area contributed by atoms with Gasteiger partial charge in [0.2, 0.25) is 0 Å². The molecule has 2 aromatic rings. The third-order valence-electron chi connectivity index (χ3n) is 3.65. The van der Waals surface area contributed by atoms with Gasteiger partial charge in [-0.15, -0.1) is 0 Å². The van der Waals surface area contributed by atoms with Crippen molar-refractivity contribution < 1.29 is 9.47 Å². The van der Waals surface area contributed by atoms with Crippen molar-refractivity contribution in [2.24, 2.45) is 7.05 Å². The Hall–Kier alpha value is -2.01. The number of ether oxygens (including phenoxy) is 2. The first-order chi connectivity index (χ1) is 11.2. The number of aryl methyl sites for hydroxylation is 1. The lowest BCUT2D eigenvalue weighted by Crippen LogP contribution is -2.12. The smallest absolute Gasteiger partial charge is 0.161 e. The fourth-order valence-electron chi connectivity index (χ4n) is 2.39. The van der Waals surface area contributed by atoms with E-state index >= 15 is 0 Å². The molecule has 1 aromatic heterocycles. The number of nitrogens with one attached hydrogen (secondary N) is 1. The maximum absolute atomic E-state index is 5.87. The van der Waals surface area contributed by atoms with Gasteiger partial charge in [0.15, 0.2) is 11.5 Å². The predicted octanol–water partition coefficient (Wildman–Crippen LogP) is 3.29. The normalized spacial score (nSPS) is 10.7. The van der Waals surface area contributed by atoms with Crippen LogP contribution in [-0.4, -0.2) is 23.5 Å². The molecule has 1 aromatic carbocycles. The molecule has 0 atom stereocenters. The molecule has 0 aliphatic carbocycles. The Morgan fingerprint density at radius 1 is 1.13 bits per heavy atom. The van der Waals surface area contributed by atoms with Gasteiger partial charge >= 0.3 is 0 Å². The van der Waals surface area contributed by atoms with Crippen molar-refractivity contribution in [3.63, 3.8) is 0 Å². The van der Waals surface area contributed by atoms with Gasteiger partial charge in [-0.2, -0.15) is 5.10 Å². The third kappa shape index (κ3) is 5.60. The van der Waals surface area contributed by atoms with Crippen molar-refractivity contribution in [1.82, 2.24) is 15.1 Å². The largest absolute Gasteiger partial charge is 0.493 e. The summed E-state index contributed by atoms with van der Waals surface area (Å²) in [5.41, 5.74) is 2.36. The minimum absolute atomic E-state index is 0.733. The van der Waals surface area contributed by atoms with E-state index in [0.29, 0.717) is 0 Å². The average molecular weight is 317 g/mol. The number of nitrogens with zero attached hydrogens (tertiary/aromatic N) is 2. The molecule has 0 spiro atoms. The van der Waals surface area contributed by atoms with Crippen LogP contribution in [0.1, 0.15) is 37.3 Å². The molecule has 0 amide bonds. The zero-order chi connectivity index (χ0) is 16.5. The van der Waals surface area contributed by atoms with E-state index in [2.05, 4.69) is 29.5 Å². The number of methoxy groups -OCH3 is 1.